The molecular weight excluding hydrogens is 495 g/mol. The Bertz CT molecular complexity index is 1650. The van der Waals surface area contributed by atoms with E-state index in [0.717, 1.165) is 40.7 Å². The fourth-order valence-corrected chi connectivity index (χ4v) is 5.47. The van der Waals surface area contributed by atoms with Crippen molar-refractivity contribution in [2.45, 2.75) is 45.4 Å². The molecule has 0 aliphatic heterocycles. The first-order chi connectivity index (χ1) is 19.3. The van der Waals surface area contributed by atoms with Gasteiger partial charge in [0, 0.05) is 12.8 Å². The van der Waals surface area contributed by atoms with Crippen molar-refractivity contribution >= 4 is 34.0 Å². The average molecular weight is 529 g/mol. The highest BCUT2D eigenvalue weighted by molar-refractivity contribution is 6.11. The molecule has 0 N–H and O–H groups in total. The molecule has 1 fully saturated rings. The number of aryl methyl sites for hydroxylation is 2. The molecule has 3 heteroatoms. The van der Waals surface area contributed by atoms with Gasteiger partial charge in [-0.25, -0.2) is 4.39 Å². The van der Waals surface area contributed by atoms with Gasteiger partial charge < -0.3 is 0 Å². The van der Waals surface area contributed by atoms with Gasteiger partial charge >= 0.3 is 0 Å². The topological polar surface area (TPSA) is 34.1 Å². The summed E-state index contributed by atoms with van der Waals surface area (Å²) in [6, 6.07) is 24.9. The van der Waals surface area contributed by atoms with Crippen LogP contribution < -0.4 is 0 Å². The standard InChI is InChI=1S/C37H33FO2/c1-4-25(3)33-24-34-30(7-6-8-31(34)23-29(33)5-2)16-13-26-9-11-27(12-10-26)21-35(39)37(19-20-37)36(40)22-28-14-17-32(38)18-15-28/h5-12,14-15,17-18,23-24H,1-2,13,16,19-22H2,3H3. The summed E-state index contributed by atoms with van der Waals surface area (Å²) >= 11 is 0. The van der Waals surface area contributed by atoms with E-state index in [2.05, 4.69) is 61.4 Å². The Morgan fingerprint density at radius 3 is 2.05 bits per heavy atom. The van der Waals surface area contributed by atoms with Crippen molar-refractivity contribution in [3.8, 4) is 0 Å². The van der Waals surface area contributed by atoms with Gasteiger partial charge in [0.05, 0.1) is 5.41 Å². The third kappa shape index (κ3) is 5.66. The Kier molecular flexibility index (Phi) is 7.78. The van der Waals surface area contributed by atoms with E-state index in [1.165, 1.54) is 34.0 Å². The molecule has 0 aromatic heterocycles. The normalized spacial score (nSPS) is 13.4. The maximum atomic E-state index is 13.2. The van der Waals surface area contributed by atoms with E-state index < -0.39 is 5.41 Å². The second-order valence-electron chi connectivity index (χ2n) is 10.8. The third-order valence-electron chi connectivity index (χ3n) is 8.20. The minimum atomic E-state index is -0.870. The van der Waals surface area contributed by atoms with Crippen LogP contribution in [0.25, 0.3) is 22.4 Å². The monoisotopic (exact) mass is 528 g/mol. The van der Waals surface area contributed by atoms with Crippen LogP contribution >= 0.6 is 0 Å². The molecule has 0 radical (unpaired) electrons. The number of hydrogen-bond acceptors (Lipinski definition) is 2. The lowest BCUT2D eigenvalue weighted by Crippen LogP contribution is -2.28. The molecule has 4 aromatic carbocycles. The minimum Gasteiger partial charge on any atom is -0.298 e. The molecule has 0 atom stereocenters. The molecule has 200 valence electrons. The van der Waals surface area contributed by atoms with Crippen molar-refractivity contribution in [2.24, 2.45) is 5.41 Å². The molecule has 4 aromatic rings. The number of hydrogen-bond donors (Lipinski definition) is 0. The Morgan fingerprint density at radius 1 is 0.875 bits per heavy atom. The van der Waals surface area contributed by atoms with E-state index in [0.29, 0.717) is 12.8 Å². The third-order valence-corrected chi connectivity index (χ3v) is 8.20. The van der Waals surface area contributed by atoms with E-state index in [1.807, 2.05) is 25.1 Å². The minimum absolute atomic E-state index is 0.0123. The SMILES string of the molecule is C=C=C(C)c1cc2c(CCc3ccc(CC(=O)C4(C(=O)Cc5ccc(F)cc5)CC4)cc3)cccc2cc1C=C. The van der Waals surface area contributed by atoms with E-state index in [1.54, 1.807) is 12.1 Å². The molecular formula is C37H33FO2. The van der Waals surface area contributed by atoms with E-state index in [-0.39, 0.29) is 30.2 Å². The molecule has 0 bridgehead atoms. The lowest BCUT2D eigenvalue weighted by atomic mass is 9.87. The second kappa shape index (κ2) is 11.4. The maximum Gasteiger partial charge on any atom is 0.150 e. The summed E-state index contributed by atoms with van der Waals surface area (Å²) in [5, 5.41) is 2.41. The highest BCUT2D eigenvalue weighted by Crippen LogP contribution is 2.48. The van der Waals surface area contributed by atoms with Crippen molar-refractivity contribution in [1.82, 2.24) is 0 Å². The molecule has 0 amide bonds. The van der Waals surface area contributed by atoms with Crippen LogP contribution in [0.2, 0.25) is 0 Å². The van der Waals surface area contributed by atoms with Crippen LogP contribution in [0.3, 0.4) is 0 Å². The van der Waals surface area contributed by atoms with Gasteiger partial charge in [-0.15, -0.1) is 5.73 Å². The highest BCUT2D eigenvalue weighted by Gasteiger charge is 2.54. The van der Waals surface area contributed by atoms with Gasteiger partial charge in [-0.2, -0.15) is 0 Å². The molecule has 2 nitrogen and oxygen atoms in total. The molecule has 1 aliphatic carbocycles. The molecule has 5 rings (SSSR count). The summed E-state index contributed by atoms with van der Waals surface area (Å²) < 4.78 is 13.2. The van der Waals surface area contributed by atoms with Crippen LogP contribution in [0.1, 0.15) is 53.1 Å². The van der Waals surface area contributed by atoms with Gasteiger partial charge in [-0.05, 0) is 107 Å². The van der Waals surface area contributed by atoms with Gasteiger partial charge in [-0.1, -0.05) is 73.8 Å². The van der Waals surface area contributed by atoms with Gasteiger partial charge in [0.1, 0.15) is 5.82 Å². The molecule has 40 heavy (non-hydrogen) atoms. The zero-order chi connectivity index (χ0) is 28.3. The molecule has 1 saturated carbocycles. The lowest BCUT2D eigenvalue weighted by Gasteiger charge is -2.14. The first-order valence-corrected chi connectivity index (χ1v) is 13.8. The summed E-state index contributed by atoms with van der Waals surface area (Å²) in [5.74, 6) is -0.402. The second-order valence-corrected chi connectivity index (χ2v) is 10.8. The smallest absolute Gasteiger partial charge is 0.150 e. The van der Waals surface area contributed by atoms with Crippen molar-refractivity contribution in [2.75, 3.05) is 0 Å². The zero-order valence-electron chi connectivity index (χ0n) is 22.9. The number of carbonyl (C=O) groups excluding carboxylic acids is 2. The Hall–Kier alpha value is -4.33. The number of allylic oxidation sites excluding steroid dienone is 1. The fourth-order valence-electron chi connectivity index (χ4n) is 5.47. The maximum absolute atomic E-state index is 13.2. The fraction of sp³-hybridized carbons (Fsp3) is 0.216. The highest BCUT2D eigenvalue weighted by atomic mass is 19.1. The number of benzene rings is 4. The van der Waals surface area contributed by atoms with Crippen LogP contribution in [-0.4, -0.2) is 11.6 Å². The van der Waals surface area contributed by atoms with Crippen molar-refractivity contribution in [3.63, 3.8) is 0 Å². The molecule has 0 spiro atoms. The van der Waals surface area contributed by atoms with Gasteiger partial charge in [-0.3, -0.25) is 9.59 Å². The van der Waals surface area contributed by atoms with Gasteiger partial charge in [0.25, 0.3) is 0 Å². The van der Waals surface area contributed by atoms with Crippen molar-refractivity contribution in [3.05, 3.63) is 137 Å². The molecule has 0 unspecified atom stereocenters. The van der Waals surface area contributed by atoms with Gasteiger partial charge in [0.2, 0.25) is 0 Å². The number of ketones is 2. The number of fused-ring (bicyclic) bond motifs is 1. The lowest BCUT2D eigenvalue weighted by molar-refractivity contribution is -0.133. The van der Waals surface area contributed by atoms with E-state index in [9.17, 15) is 14.0 Å². The number of rotatable bonds is 11. The first-order valence-electron chi connectivity index (χ1n) is 13.8. The van der Waals surface area contributed by atoms with Gasteiger partial charge in [0.15, 0.2) is 11.6 Å². The average Bonchev–Trinajstić information content (AvgIpc) is 3.79. The summed E-state index contributed by atoms with van der Waals surface area (Å²) in [4.78, 5) is 26.1. The van der Waals surface area contributed by atoms with Crippen LogP contribution in [0.4, 0.5) is 4.39 Å². The number of halogens is 1. The summed E-state index contributed by atoms with van der Waals surface area (Å²) in [7, 11) is 0. The first kappa shape index (κ1) is 27.2. The quantitative estimate of drug-likeness (QED) is 0.145. The Labute approximate surface area is 235 Å². The summed E-state index contributed by atoms with van der Waals surface area (Å²) in [5.41, 5.74) is 9.47. The molecule has 0 heterocycles. The summed E-state index contributed by atoms with van der Waals surface area (Å²) in [6.07, 6.45) is 5.27. The number of carbonyl (C=O) groups is 2. The molecule has 1 aliphatic rings. The van der Waals surface area contributed by atoms with Crippen LogP contribution in [0, 0.1) is 11.2 Å². The van der Waals surface area contributed by atoms with Crippen molar-refractivity contribution < 1.29 is 14.0 Å². The van der Waals surface area contributed by atoms with Crippen LogP contribution in [0.5, 0.6) is 0 Å². The van der Waals surface area contributed by atoms with Crippen LogP contribution in [0.15, 0.2) is 97.8 Å². The summed E-state index contributed by atoms with van der Waals surface area (Å²) in [6.45, 7) is 9.80. The molecule has 0 saturated heterocycles. The Morgan fingerprint density at radius 2 is 1.48 bits per heavy atom. The predicted octanol–water partition coefficient (Wildman–Crippen LogP) is 8.30. The zero-order valence-corrected chi connectivity index (χ0v) is 22.9. The van der Waals surface area contributed by atoms with Crippen LogP contribution in [-0.2, 0) is 35.3 Å². The van der Waals surface area contributed by atoms with Crippen molar-refractivity contribution in [1.29, 1.82) is 0 Å². The van der Waals surface area contributed by atoms with E-state index in [4.69, 9.17) is 0 Å². The predicted molar refractivity (Wildman–Crippen MR) is 162 cm³/mol. The van der Waals surface area contributed by atoms with E-state index >= 15 is 0 Å². The Balaban J connectivity index is 1.24. The number of Topliss-reactive ketones (excluding diaryl/α,β-unsaturated/α-hetero) is 2. The largest absolute Gasteiger partial charge is 0.298 e.